The first-order chi connectivity index (χ1) is 12.0. The van der Waals surface area contributed by atoms with Crippen LogP contribution in [-0.2, 0) is 4.79 Å². The van der Waals surface area contributed by atoms with Crippen molar-refractivity contribution in [1.29, 1.82) is 0 Å². The Morgan fingerprint density at radius 3 is 2.68 bits per heavy atom. The lowest BCUT2D eigenvalue weighted by molar-refractivity contribution is -0.141. The molecule has 3 heterocycles. The van der Waals surface area contributed by atoms with Crippen LogP contribution in [0.3, 0.4) is 0 Å². The Bertz CT molecular complexity index is 823. The van der Waals surface area contributed by atoms with Crippen LogP contribution in [0, 0.1) is 5.41 Å². The van der Waals surface area contributed by atoms with Crippen molar-refractivity contribution in [2.24, 2.45) is 5.41 Å². The third-order valence-electron chi connectivity index (χ3n) is 5.81. The summed E-state index contributed by atoms with van der Waals surface area (Å²) in [7, 11) is 1.88. The molecule has 2 aliphatic heterocycles. The number of carbonyl (C=O) groups is 2. The molecule has 2 N–H and O–H groups in total. The maximum atomic E-state index is 12.9. The molecule has 0 aliphatic carbocycles. The molecule has 25 heavy (non-hydrogen) atoms. The molecule has 2 aromatic rings. The highest BCUT2D eigenvalue weighted by Crippen LogP contribution is 2.43. The number of hydrogen-bond donors (Lipinski definition) is 2. The Balaban J connectivity index is 1.47. The summed E-state index contributed by atoms with van der Waals surface area (Å²) in [6, 6.07) is 7.22. The number of likely N-dealkylation sites (tertiary alicyclic amines) is 2. The first-order valence-corrected chi connectivity index (χ1v) is 8.65. The highest BCUT2D eigenvalue weighted by molar-refractivity contribution is 6.04. The van der Waals surface area contributed by atoms with E-state index in [2.05, 4.69) is 10.2 Å². The minimum Gasteiger partial charge on any atom is -0.480 e. The Labute approximate surface area is 145 Å². The second-order valence-corrected chi connectivity index (χ2v) is 7.38. The fraction of sp³-hybridized carbons (Fsp3) is 0.500. The summed E-state index contributed by atoms with van der Waals surface area (Å²) in [5.74, 6) is -0.797. The molecular weight excluding hydrogens is 320 g/mol. The molecule has 7 nitrogen and oxygen atoms in total. The summed E-state index contributed by atoms with van der Waals surface area (Å²) in [6.07, 6.45) is 2.36. The topological polar surface area (TPSA) is 89.5 Å². The number of aromatic amines is 1. The zero-order valence-electron chi connectivity index (χ0n) is 14.2. The van der Waals surface area contributed by atoms with Crippen molar-refractivity contribution in [3.8, 4) is 0 Å². The molecule has 7 heteroatoms. The van der Waals surface area contributed by atoms with E-state index in [1.54, 1.807) is 0 Å². The predicted molar refractivity (Wildman–Crippen MR) is 92.3 cm³/mol. The average molecular weight is 342 g/mol. The zero-order chi connectivity index (χ0) is 17.6. The van der Waals surface area contributed by atoms with Crippen molar-refractivity contribution < 1.29 is 14.7 Å². The third-order valence-corrected chi connectivity index (χ3v) is 5.81. The molecule has 2 aliphatic rings. The number of likely N-dealkylation sites (N-methyl/N-ethyl adjacent to an activating group) is 1. The van der Waals surface area contributed by atoms with E-state index in [1.807, 2.05) is 41.1 Å². The van der Waals surface area contributed by atoms with Gasteiger partial charge in [0.25, 0.3) is 5.91 Å². The largest absolute Gasteiger partial charge is 0.480 e. The summed E-state index contributed by atoms with van der Waals surface area (Å²) in [5.41, 5.74) is 1.35. The molecular formula is C18H22N4O3. The number of H-pyrrole nitrogens is 1. The van der Waals surface area contributed by atoms with Gasteiger partial charge in [-0.05, 0) is 37.8 Å². The molecule has 1 aromatic heterocycles. The van der Waals surface area contributed by atoms with Crippen molar-refractivity contribution in [1.82, 2.24) is 20.0 Å². The van der Waals surface area contributed by atoms with Crippen molar-refractivity contribution >= 4 is 22.8 Å². The van der Waals surface area contributed by atoms with E-state index in [0.717, 1.165) is 30.3 Å². The molecule has 0 radical (unpaired) electrons. The van der Waals surface area contributed by atoms with Gasteiger partial charge in [0.2, 0.25) is 0 Å². The minimum absolute atomic E-state index is 0.0161. The highest BCUT2D eigenvalue weighted by Gasteiger charge is 2.47. The molecule has 132 valence electrons. The molecule has 1 aromatic carbocycles. The molecule has 1 atom stereocenters. The summed E-state index contributed by atoms with van der Waals surface area (Å²) in [6.45, 7) is 2.09. The maximum Gasteiger partial charge on any atom is 0.320 e. The van der Waals surface area contributed by atoms with Crippen LogP contribution in [0.4, 0.5) is 0 Å². The van der Waals surface area contributed by atoms with Gasteiger partial charge in [-0.1, -0.05) is 18.2 Å². The van der Waals surface area contributed by atoms with Gasteiger partial charge in [-0.3, -0.25) is 19.6 Å². The van der Waals surface area contributed by atoms with Crippen LogP contribution in [-0.4, -0.2) is 69.7 Å². The summed E-state index contributed by atoms with van der Waals surface area (Å²) < 4.78 is 0. The van der Waals surface area contributed by atoms with E-state index >= 15 is 0 Å². The number of hydrogen-bond acceptors (Lipinski definition) is 4. The monoisotopic (exact) mass is 342 g/mol. The third kappa shape index (κ3) is 2.68. The number of para-hydroxylation sites is 1. The van der Waals surface area contributed by atoms with E-state index in [-0.39, 0.29) is 11.3 Å². The fourth-order valence-corrected chi connectivity index (χ4v) is 4.37. The first kappa shape index (κ1) is 16.1. The standard InChI is InChI=1S/C18H22N4O3/c1-21-11-18(10-14(21)17(24)25)6-8-22(9-7-18)16(23)15-12-4-2-3-5-13(12)19-20-15/h2-5,14H,6-11H2,1H3,(H,19,20)(H,24,25)/t14-/m1/s1. The van der Waals surface area contributed by atoms with Crippen LogP contribution in [0.2, 0.25) is 0 Å². The van der Waals surface area contributed by atoms with Gasteiger partial charge in [0.1, 0.15) is 6.04 Å². The van der Waals surface area contributed by atoms with E-state index in [9.17, 15) is 14.7 Å². The normalized spacial score (nSPS) is 23.4. The minimum atomic E-state index is -0.749. The number of amides is 1. The zero-order valence-corrected chi connectivity index (χ0v) is 14.2. The molecule has 1 spiro atoms. The van der Waals surface area contributed by atoms with Gasteiger partial charge in [-0.25, -0.2) is 0 Å². The van der Waals surface area contributed by atoms with Crippen LogP contribution in [0.5, 0.6) is 0 Å². The first-order valence-electron chi connectivity index (χ1n) is 8.65. The van der Waals surface area contributed by atoms with Crippen LogP contribution in [0.25, 0.3) is 10.9 Å². The number of piperidine rings is 1. The molecule has 4 rings (SSSR count). The Kier molecular flexibility index (Phi) is 3.76. The number of carbonyl (C=O) groups excluding carboxylic acids is 1. The van der Waals surface area contributed by atoms with Gasteiger partial charge in [0, 0.05) is 25.0 Å². The smallest absolute Gasteiger partial charge is 0.320 e. The van der Waals surface area contributed by atoms with Crippen LogP contribution in [0.1, 0.15) is 29.8 Å². The number of fused-ring (bicyclic) bond motifs is 1. The number of carboxylic acid groups (broad SMARTS) is 1. The number of rotatable bonds is 2. The average Bonchev–Trinajstić information content (AvgIpc) is 3.16. The molecule has 2 saturated heterocycles. The number of carboxylic acids is 1. The number of aromatic nitrogens is 2. The molecule has 1 amide bonds. The quantitative estimate of drug-likeness (QED) is 0.865. The van der Waals surface area contributed by atoms with E-state index in [1.165, 1.54) is 0 Å². The molecule has 0 unspecified atom stereocenters. The number of benzene rings is 1. The summed E-state index contributed by atoms with van der Waals surface area (Å²) >= 11 is 0. The second-order valence-electron chi connectivity index (χ2n) is 7.38. The van der Waals surface area contributed by atoms with Gasteiger partial charge in [0.15, 0.2) is 5.69 Å². The lowest BCUT2D eigenvalue weighted by Gasteiger charge is -2.39. The lowest BCUT2D eigenvalue weighted by atomic mass is 9.76. The van der Waals surface area contributed by atoms with Crippen LogP contribution >= 0.6 is 0 Å². The maximum absolute atomic E-state index is 12.9. The van der Waals surface area contributed by atoms with E-state index in [0.29, 0.717) is 25.2 Å². The summed E-state index contributed by atoms with van der Waals surface area (Å²) in [5, 5.41) is 17.3. The van der Waals surface area contributed by atoms with E-state index < -0.39 is 12.0 Å². The highest BCUT2D eigenvalue weighted by atomic mass is 16.4. The number of aliphatic carboxylic acids is 1. The van der Waals surface area contributed by atoms with Crippen molar-refractivity contribution in [2.75, 3.05) is 26.7 Å². The SMILES string of the molecule is CN1CC2(CCN(C(=O)c3n[nH]c4ccccc34)CC2)C[C@@H]1C(=O)O. The van der Waals surface area contributed by atoms with Gasteiger partial charge < -0.3 is 10.0 Å². The van der Waals surface area contributed by atoms with Crippen LogP contribution in [0.15, 0.2) is 24.3 Å². The molecule has 0 saturated carbocycles. The summed E-state index contributed by atoms with van der Waals surface area (Å²) in [4.78, 5) is 28.0. The van der Waals surface area contributed by atoms with Crippen LogP contribution < -0.4 is 0 Å². The molecule has 0 bridgehead atoms. The Morgan fingerprint density at radius 2 is 2.00 bits per heavy atom. The number of nitrogens with zero attached hydrogens (tertiary/aromatic N) is 3. The lowest BCUT2D eigenvalue weighted by Crippen LogP contribution is -2.44. The number of nitrogens with one attached hydrogen (secondary N) is 1. The Morgan fingerprint density at radius 1 is 1.28 bits per heavy atom. The van der Waals surface area contributed by atoms with Gasteiger partial charge in [-0.15, -0.1) is 0 Å². The van der Waals surface area contributed by atoms with Gasteiger partial charge in [0.05, 0.1) is 5.52 Å². The van der Waals surface area contributed by atoms with Crippen molar-refractivity contribution in [2.45, 2.75) is 25.3 Å². The van der Waals surface area contributed by atoms with Gasteiger partial charge >= 0.3 is 5.97 Å². The van der Waals surface area contributed by atoms with Crippen molar-refractivity contribution in [3.63, 3.8) is 0 Å². The fourth-order valence-electron chi connectivity index (χ4n) is 4.37. The van der Waals surface area contributed by atoms with E-state index in [4.69, 9.17) is 0 Å². The predicted octanol–water partition coefficient (Wildman–Crippen LogP) is 1.57. The second kappa shape index (κ2) is 5.84. The Hall–Kier alpha value is -2.41. The molecule has 2 fully saturated rings. The van der Waals surface area contributed by atoms with Crippen molar-refractivity contribution in [3.05, 3.63) is 30.0 Å². The van der Waals surface area contributed by atoms with Gasteiger partial charge in [-0.2, -0.15) is 5.10 Å².